The van der Waals surface area contributed by atoms with Gasteiger partial charge in [0.2, 0.25) is 5.82 Å². The lowest BCUT2D eigenvalue weighted by molar-refractivity contribution is 0.384. The number of halogens is 5. The van der Waals surface area contributed by atoms with Crippen LogP contribution in [0.5, 0.6) is 0 Å². The predicted octanol–water partition coefficient (Wildman–Crippen LogP) is 2.86. The molecule has 0 nitrogen and oxygen atoms in total. The van der Waals surface area contributed by atoms with Gasteiger partial charge in [-0.1, -0.05) is 25.9 Å². The first kappa shape index (κ1) is 13.2. The van der Waals surface area contributed by atoms with Crippen molar-refractivity contribution in [3.8, 4) is 0 Å². The molecule has 1 rings (SSSR count). The van der Waals surface area contributed by atoms with Gasteiger partial charge < -0.3 is 0 Å². The van der Waals surface area contributed by atoms with E-state index in [0.29, 0.717) is 12.5 Å². The van der Waals surface area contributed by atoms with Crippen LogP contribution < -0.4 is 5.19 Å². The Morgan fingerprint density at radius 3 is 1.56 bits per heavy atom. The number of rotatable bonds is 3. The van der Waals surface area contributed by atoms with Gasteiger partial charge in [-0.05, 0) is 0 Å². The predicted molar refractivity (Wildman–Crippen MR) is 54.0 cm³/mol. The summed E-state index contributed by atoms with van der Waals surface area (Å²) in [6.07, 6.45) is 0.660. The molecular weight excluding hydrogens is 243 g/mol. The Hall–Kier alpha value is -0.913. The van der Waals surface area contributed by atoms with Crippen molar-refractivity contribution >= 4 is 14.0 Å². The minimum Gasteiger partial charge on any atom is -0.204 e. The van der Waals surface area contributed by atoms with Crippen LogP contribution in [-0.4, -0.2) is 8.80 Å². The molecule has 0 saturated heterocycles. The molecule has 0 fully saturated rings. The van der Waals surface area contributed by atoms with E-state index in [0.717, 1.165) is 0 Å². The van der Waals surface area contributed by atoms with Crippen LogP contribution in [0.2, 0.25) is 12.6 Å². The van der Waals surface area contributed by atoms with E-state index in [1.54, 1.807) is 13.5 Å². The molecule has 0 aliphatic carbocycles. The molecule has 1 aromatic carbocycles. The van der Waals surface area contributed by atoms with Gasteiger partial charge in [0.25, 0.3) is 0 Å². The summed E-state index contributed by atoms with van der Waals surface area (Å²) in [7, 11) is -2.11. The van der Waals surface area contributed by atoms with Crippen molar-refractivity contribution in [2.45, 2.75) is 25.9 Å². The van der Waals surface area contributed by atoms with Gasteiger partial charge in [0.1, 0.15) is 0 Å². The normalized spacial score (nSPS) is 12.9. The fraction of sp³-hybridized carbons (Fsp3) is 0.400. The Morgan fingerprint density at radius 2 is 1.19 bits per heavy atom. The third-order valence-corrected chi connectivity index (χ3v) is 5.39. The highest BCUT2D eigenvalue weighted by Crippen LogP contribution is 2.17. The Bertz CT molecular complexity index is 376. The highest BCUT2D eigenvalue weighted by atomic mass is 28.3. The highest BCUT2D eigenvalue weighted by molar-refractivity contribution is 6.72. The Kier molecular flexibility index (Phi) is 4.07. The lowest BCUT2D eigenvalue weighted by Crippen LogP contribution is -2.35. The zero-order chi connectivity index (χ0) is 12.5. The molecule has 0 bridgehead atoms. The molecule has 0 aromatic heterocycles. The molecule has 0 heterocycles. The molecule has 90 valence electrons. The van der Waals surface area contributed by atoms with Gasteiger partial charge in [-0.3, -0.25) is 0 Å². The average Bonchev–Trinajstić information content (AvgIpc) is 2.24. The van der Waals surface area contributed by atoms with E-state index in [1.807, 2.05) is 0 Å². The summed E-state index contributed by atoms with van der Waals surface area (Å²) >= 11 is 0. The number of benzene rings is 1. The second kappa shape index (κ2) is 4.95. The molecule has 0 amide bonds. The van der Waals surface area contributed by atoms with Crippen LogP contribution in [0.25, 0.3) is 0 Å². The molecule has 1 atom stereocenters. The molecular formula is C10H11F5Si. The van der Waals surface area contributed by atoms with Crippen molar-refractivity contribution in [2.24, 2.45) is 0 Å². The molecule has 1 unspecified atom stereocenters. The van der Waals surface area contributed by atoms with Gasteiger partial charge in [-0.2, -0.15) is 0 Å². The van der Waals surface area contributed by atoms with Crippen molar-refractivity contribution in [3.63, 3.8) is 0 Å². The third-order valence-electron chi connectivity index (χ3n) is 2.46. The van der Waals surface area contributed by atoms with Gasteiger partial charge in [0, 0.05) is 5.19 Å². The largest absolute Gasteiger partial charge is 0.204 e. The van der Waals surface area contributed by atoms with Crippen LogP contribution in [0.15, 0.2) is 0 Å². The number of hydrogen-bond acceptors (Lipinski definition) is 0. The summed E-state index contributed by atoms with van der Waals surface area (Å²) in [5.41, 5.74) is 0. The third kappa shape index (κ3) is 2.11. The minimum atomic E-state index is -2.11. The van der Waals surface area contributed by atoms with Gasteiger partial charge in [0.05, 0.1) is 8.80 Å². The molecule has 0 saturated carbocycles. The maximum Gasteiger partial charge on any atom is 0.200 e. The SMILES string of the molecule is CCC[SiH](C)c1c(F)c(F)c(F)c(F)c1F. The summed E-state index contributed by atoms with van der Waals surface area (Å²) in [5.74, 6) is -9.10. The van der Waals surface area contributed by atoms with Crippen LogP contribution in [0.4, 0.5) is 22.0 Å². The molecule has 0 spiro atoms. The second-order valence-electron chi connectivity index (χ2n) is 3.67. The van der Waals surface area contributed by atoms with Crippen molar-refractivity contribution in [2.75, 3.05) is 0 Å². The second-order valence-corrected chi connectivity index (χ2v) is 6.63. The van der Waals surface area contributed by atoms with Crippen molar-refractivity contribution in [3.05, 3.63) is 29.1 Å². The fourth-order valence-electron chi connectivity index (χ4n) is 1.63. The first-order valence-electron chi connectivity index (χ1n) is 4.93. The molecule has 1 aromatic rings. The topological polar surface area (TPSA) is 0 Å². The first-order chi connectivity index (χ1) is 7.41. The Labute approximate surface area is 91.7 Å². The van der Waals surface area contributed by atoms with E-state index in [4.69, 9.17) is 0 Å². The van der Waals surface area contributed by atoms with E-state index >= 15 is 0 Å². The van der Waals surface area contributed by atoms with E-state index in [-0.39, 0.29) is 0 Å². The molecule has 0 N–H and O–H groups in total. The van der Waals surface area contributed by atoms with Gasteiger partial charge in [0.15, 0.2) is 23.3 Å². The highest BCUT2D eigenvalue weighted by Gasteiger charge is 2.28. The summed E-state index contributed by atoms with van der Waals surface area (Å²) in [5, 5.41) is -0.585. The Morgan fingerprint density at radius 1 is 0.812 bits per heavy atom. The van der Waals surface area contributed by atoms with Crippen molar-refractivity contribution in [1.82, 2.24) is 0 Å². The van der Waals surface area contributed by atoms with E-state index < -0.39 is 43.1 Å². The maximum atomic E-state index is 13.3. The molecule has 0 radical (unpaired) electrons. The Balaban J connectivity index is 3.39. The van der Waals surface area contributed by atoms with Gasteiger partial charge >= 0.3 is 0 Å². The van der Waals surface area contributed by atoms with Crippen LogP contribution in [0.1, 0.15) is 13.3 Å². The van der Waals surface area contributed by atoms with E-state index in [1.165, 1.54) is 0 Å². The van der Waals surface area contributed by atoms with Crippen molar-refractivity contribution < 1.29 is 22.0 Å². The summed E-state index contributed by atoms with van der Waals surface area (Å²) in [4.78, 5) is 0. The zero-order valence-corrected chi connectivity index (χ0v) is 10.0. The van der Waals surface area contributed by atoms with Crippen molar-refractivity contribution in [1.29, 1.82) is 0 Å². The van der Waals surface area contributed by atoms with E-state index in [9.17, 15) is 22.0 Å². The van der Waals surface area contributed by atoms with Crippen LogP contribution in [0, 0.1) is 29.1 Å². The summed E-state index contributed by atoms with van der Waals surface area (Å²) in [6, 6.07) is 0.498. The smallest absolute Gasteiger partial charge is 0.200 e. The lowest BCUT2D eigenvalue weighted by atomic mass is 10.3. The molecule has 16 heavy (non-hydrogen) atoms. The van der Waals surface area contributed by atoms with Gasteiger partial charge in [-0.15, -0.1) is 0 Å². The first-order valence-corrected chi connectivity index (χ1v) is 7.47. The summed E-state index contributed by atoms with van der Waals surface area (Å²) in [6.45, 7) is 3.37. The number of hydrogen-bond donors (Lipinski definition) is 0. The monoisotopic (exact) mass is 254 g/mol. The average molecular weight is 254 g/mol. The fourth-order valence-corrected chi connectivity index (χ4v) is 3.91. The minimum absolute atomic E-state index is 0.498. The van der Waals surface area contributed by atoms with Crippen LogP contribution >= 0.6 is 0 Å². The quantitative estimate of drug-likeness (QED) is 0.337. The van der Waals surface area contributed by atoms with Crippen LogP contribution in [0.3, 0.4) is 0 Å². The maximum absolute atomic E-state index is 13.3. The van der Waals surface area contributed by atoms with Crippen LogP contribution in [-0.2, 0) is 0 Å². The molecule has 6 heteroatoms. The van der Waals surface area contributed by atoms with E-state index in [2.05, 4.69) is 0 Å². The standard InChI is InChI=1S/C10H11F5Si/c1-3-4-16(2)10-8(14)6(12)5(11)7(13)9(10)15/h16H,3-4H2,1-2H3. The molecule has 0 aliphatic rings. The van der Waals surface area contributed by atoms with Gasteiger partial charge in [-0.25, -0.2) is 22.0 Å². The zero-order valence-electron chi connectivity index (χ0n) is 8.88. The molecule has 0 aliphatic heterocycles. The lowest BCUT2D eigenvalue weighted by Gasteiger charge is -2.13. The summed E-state index contributed by atoms with van der Waals surface area (Å²) < 4.78 is 65.0.